The molecule has 0 rings (SSSR count). The average molecular weight is 441 g/mol. The highest BCUT2D eigenvalue weighted by atomic mass is 35.5. The van der Waals surface area contributed by atoms with Crippen molar-refractivity contribution in [2.75, 3.05) is 32.1 Å². The van der Waals surface area contributed by atoms with Crippen molar-refractivity contribution in [2.24, 2.45) is 0 Å². The molecule has 0 radical (unpaired) electrons. The fourth-order valence-electron chi connectivity index (χ4n) is 4.20. The van der Waals surface area contributed by atoms with Gasteiger partial charge in [0.05, 0.1) is 25.5 Å². The number of quaternary nitrogens is 1. The van der Waals surface area contributed by atoms with Gasteiger partial charge >= 0.3 is 0 Å². The van der Waals surface area contributed by atoms with Crippen molar-refractivity contribution in [3.8, 4) is 0 Å². The summed E-state index contributed by atoms with van der Waals surface area (Å²) in [5.74, 6) is 0.360. The van der Waals surface area contributed by atoms with E-state index in [2.05, 4.69) is 20.8 Å². The van der Waals surface area contributed by atoms with Gasteiger partial charge in [-0.1, -0.05) is 90.4 Å². The summed E-state index contributed by atoms with van der Waals surface area (Å²) in [7, 11) is 0. The molecule has 0 spiro atoms. The predicted molar refractivity (Wildman–Crippen MR) is 123 cm³/mol. The van der Waals surface area contributed by atoms with Crippen molar-refractivity contribution in [2.45, 2.75) is 123 Å². The molecule has 0 aromatic heterocycles. The van der Waals surface area contributed by atoms with E-state index < -0.39 is 0 Å². The third kappa shape index (κ3) is 17.4. The summed E-state index contributed by atoms with van der Waals surface area (Å²) in [5.41, 5.74) is 0. The van der Waals surface area contributed by atoms with Crippen LogP contribution in [-0.4, -0.2) is 47.8 Å². The minimum absolute atomic E-state index is 0. The van der Waals surface area contributed by atoms with E-state index in [0.717, 1.165) is 24.1 Å². The summed E-state index contributed by atoms with van der Waals surface area (Å²) in [6.45, 7) is 11.0. The summed E-state index contributed by atoms with van der Waals surface area (Å²) in [6, 6.07) is 0. The van der Waals surface area contributed by atoms with Gasteiger partial charge in [0, 0.05) is 0 Å². The topological polar surface area (TPSA) is 20.2 Å². The van der Waals surface area contributed by atoms with E-state index in [0.29, 0.717) is 5.88 Å². The highest BCUT2D eigenvalue weighted by Gasteiger charge is 2.25. The zero-order valence-corrected chi connectivity index (χ0v) is 20.9. The largest absolute Gasteiger partial charge is 1.00 e. The molecule has 0 saturated carbocycles. The number of aliphatic hydroxyl groups excluding tert-OH is 1. The van der Waals surface area contributed by atoms with E-state index in [1.807, 2.05) is 0 Å². The summed E-state index contributed by atoms with van der Waals surface area (Å²) in [6.07, 6.45) is 20.8. The number of alkyl halides is 1. The van der Waals surface area contributed by atoms with Crippen molar-refractivity contribution in [3.63, 3.8) is 0 Å². The van der Waals surface area contributed by atoms with E-state index in [-0.39, 0.29) is 18.5 Å². The molecule has 2 nitrogen and oxygen atoms in total. The molecule has 28 heavy (non-hydrogen) atoms. The van der Waals surface area contributed by atoms with Crippen LogP contribution in [0.15, 0.2) is 0 Å². The Hall–Kier alpha value is 0.500. The Morgan fingerprint density at radius 2 is 1.00 bits per heavy atom. The number of hydrogen-bond donors (Lipinski definition) is 1. The number of rotatable bonds is 21. The number of halogens is 2. The summed E-state index contributed by atoms with van der Waals surface area (Å²) < 4.78 is 1.02. The SMILES string of the molecule is CCCCCCCCCCCCCCCCC[N+](CC)(CC)CC(O)CCl.[Cl-]. The Bertz CT molecular complexity index is 298. The molecule has 0 saturated heterocycles. The molecule has 4 heteroatoms. The second-order valence-corrected chi connectivity index (χ2v) is 8.95. The lowest BCUT2D eigenvalue weighted by Gasteiger charge is -2.38. The highest BCUT2D eigenvalue weighted by Crippen LogP contribution is 2.15. The van der Waals surface area contributed by atoms with Crippen LogP contribution in [0.25, 0.3) is 0 Å². The molecule has 0 aliphatic heterocycles. The fourth-order valence-corrected chi connectivity index (χ4v) is 4.30. The number of likely N-dealkylation sites (N-methyl/N-ethyl adjacent to an activating group) is 1. The summed E-state index contributed by atoms with van der Waals surface area (Å²) >= 11 is 5.81. The van der Waals surface area contributed by atoms with Crippen molar-refractivity contribution in [1.29, 1.82) is 0 Å². The predicted octanol–water partition coefficient (Wildman–Crippen LogP) is 4.32. The fraction of sp³-hybridized carbons (Fsp3) is 1.00. The quantitative estimate of drug-likeness (QED) is 0.160. The van der Waals surface area contributed by atoms with Gasteiger partial charge < -0.3 is 22.0 Å². The molecular formula is C24H51Cl2NO. The number of aliphatic hydroxyl groups is 1. The molecule has 1 unspecified atom stereocenters. The third-order valence-electron chi connectivity index (χ3n) is 6.35. The van der Waals surface area contributed by atoms with Crippen LogP contribution in [0.2, 0.25) is 0 Å². The number of unbranched alkanes of at least 4 members (excludes halogenated alkanes) is 14. The first-order valence-corrected chi connectivity index (χ1v) is 12.8. The first-order chi connectivity index (χ1) is 13.1. The molecule has 0 aromatic rings. The molecule has 0 amide bonds. The Kier molecular flexibility index (Phi) is 24.3. The van der Waals surface area contributed by atoms with Gasteiger partial charge in [-0.25, -0.2) is 0 Å². The van der Waals surface area contributed by atoms with Crippen LogP contribution in [0.1, 0.15) is 117 Å². The van der Waals surface area contributed by atoms with Gasteiger partial charge in [0.1, 0.15) is 12.6 Å². The molecule has 172 valence electrons. The Morgan fingerprint density at radius 3 is 1.32 bits per heavy atom. The van der Waals surface area contributed by atoms with Gasteiger partial charge in [0.25, 0.3) is 0 Å². The van der Waals surface area contributed by atoms with Crippen LogP contribution in [0.5, 0.6) is 0 Å². The smallest absolute Gasteiger partial charge is 0.116 e. The normalized spacial score (nSPS) is 12.8. The van der Waals surface area contributed by atoms with Gasteiger partial charge in [0.2, 0.25) is 0 Å². The van der Waals surface area contributed by atoms with Crippen LogP contribution >= 0.6 is 11.6 Å². The highest BCUT2D eigenvalue weighted by molar-refractivity contribution is 6.18. The van der Waals surface area contributed by atoms with Crippen LogP contribution in [0, 0.1) is 0 Å². The van der Waals surface area contributed by atoms with Crippen LogP contribution < -0.4 is 12.4 Å². The zero-order valence-electron chi connectivity index (χ0n) is 19.4. The second kappa shape index (κ2) is 22.2. The molecule has 0 aliphatic rings. The zero-order chi connectivity index (χ0) is 20.2. The average Bonchev–Trinajstić information content (AvgIpc) is 2.69. The van der Waals surface area contributed by atoms with Crippen molar-refractivity contribution < 1.29 is 22.0 Å². The van der Waals surface area contributed by atoms with Gasteiger partial charge in [-0.2, -0.15) is 0 Å². The van der Waals surface area contributed by atoms with E-state index in [1.54, 1.807) is 0 Å². The maximum absolute atomic E-state index is 9.93. The lowest BCUT2D eigenvalue weighted by Crippen LogP contribution is -3.00. The third-order valence-corrected chi connectivity index (χ3v) is 6.71. The minimum atomic E-state index is -0.358. The lowest BCUT2D eigenvalue weighted by atomic mass is 10.0. The van der Waals surface area contributed by atoms with Gasteiger partial charge in [-0.3, -0.25) is 0 Å². The van der Waals surface area contributed by atoms with E-state index in [1.165, 1.54) is 103 Å². The minimum Gasteiger partial charge on any atom is -1.00 e. The van der Waals surface area contributed by atoms with Gasteiger partial charge in [-0.05, 0) is 26.7 Å². The van der Waals surface area contributed by atoms with Crippen LogP contribution in [0.3, 0.4) is 0 Å². The number of hydrogen-bond acceptors (Lipinski definition) is 1. The molecular weight excluding hydrogens is 389 g/mol. The Balaban J connectivity index is 0. The van der Waals surface area contributed by atoms with Crippen LogP contribution in [-0.2, 0) is 0 Å². The Labute approximate surface area is 188 Å². The van der Waals surface area contributed by atoms with E-state index >= 15 is 0 Å². The van der Waals surface area contributed by atoms with Crippen molar-refractivity contribution in [3.05, 3.63) is 0 Å². The Morgan fingerprint density at radius 1 is 0.643 bits per heavy atom. The number of nitrogens with zero attached hydrogens (tertiary/aromatic N) is 1. The summed E-state index contributed by atoms with van der Waals surface area (Å²) in [5, 5.41) is 9.93. The molecule has 1 N–H and O–H groups in total. The van der Waals surface area contributed by atoms with E-state index in [9.17, 15) is 5.11 Å². The molecule has 0 bridgehead atoms. The monoisotopic (exact) mass is 439 g/mol. The maximum atomic E-state index is 9.93. The summed E-state index contributed by atoms with van der Waals surface area (Å²) in [4.78, 5) is 0. The standard InChI is InChI=1S/C24H51ClNO.ClH/c1-4-7-8-9-10-11-12-13-14-15-16-17-18-19-20-21-26(5-2,6-3)23-24(27)22-25;/h24,27H,4-23H2,1-3H3;1H/q+1;/p-1. The van der Waals surface area contributed by atoms with E-state index in [4.69, 9.17) is 11.6 Å². The molecule has 0 heterocycles. The van der Waals surface area contributed by atoms with Crippen molar-refractivity contribution in [1.82, 2.24) is 0 Å². The second-order valence-electron chi connectivity index (χ2n) is 8.64. The molecule has 0 aliphatic carbocycles. The lowest BCUT2D eigenvalue weighted by molar-refractivity contribution is -0.927. The molecule has 1 atom stereocenters. The van der Waals surface area contributed by atoms with Gasteiger partial charge in [0.15, 0.2) is 0 Å². The maximum Gasteiger partial charge on any atom is 0.116 e. The van der Waals surface area contributed by atoms with Crippen molar-refractivity contribution >= 4 is 11.6 Å². The first kappa shape index (κ1) is 30.7. The van der Waals surface area contributed by atoms with Gasteiger partial charge in [-0.15, -0.1) is 11.6 Å². The first-order valence-electron chi connectivity index (χ1n) is 12.2. The molecule has 0 aromatic carbocycles. The van der Waals surface area contributed by atoms with Crippen LogP contribution in [0.4, 0.5) is 0 Å². The molecule has 0 fully saturated rings.